The van der Waals surface area contributed by atoms with Crippen LogP contribution < -0.4 is 5.32 Å². The van der Waals surface area contributed by atoms with Crippen molar-refractivity contribution >= 4 is 0 Å². The fourth-order valence-corrected chi connectivity index (χ4v) is 2.69. The summed E-state index contributed by atoms with van der Waals surface area (Å²) in [7, 11) is 0. The molecule has 0 spiro atoms. The molecule has 18 heavy (non-hydrogen) atoms. The second-order valence-electron chi connectivity index (χ2n) is 7.41. The van der Waals surface area contributed by atoms with Gasteiger partial charge in [0, 0.05) is 18.7 Å². The van der Waals surface area contributed by atoms with Crippen LogP contribution in [0.3, 0.4) is 0 Å². The molecule has 0 aliphatic heterocycles. The van der Waals surface area contributed by atoms with Crippen molar-refractivity contribution in [1.82, 2.24) is 5.32 Å². The minimum Gasteiger partial charge on any atom is -0.381 e. The van der Waals surface area contributed by atoms with E-state index in [0.29, 0.717) is 5.92 Å². The summed E-state index contributed by atoms with van der Waals surface area (Å²) in [5.41, 5.74) is 0.215. The molecule has 1 saturated carbocycles. The van der Waals surface area contributed by atoms with E-state index in [0.717, 1.165) is 31.6 Å². The van der Waals surface area contributed by atoms with Gasteiger partial charge in [0.05, 0.1) is 6.61 Å². The Balaban J connectivity index is 2.06. The third-order valence-corrected chi connectivity index (χ3v) is 3.78. The van der Waals surface area contributed by atoms with E-state index in [1.807, 2.05) is 0 Å². The van der Waals surface area contributed by atoms with Crippen molar-refractivity contribution in [1.29, 1.82) is 0 Å². The molecule has 2 heteroatoms. The molecule has 0 radical (unpaired) electrons. The first-order valence-electron chi connectivity index (χ1n) is 7.69. The van der Waals surface area contributed by atoms with Gasteiger partial charge < -0.3 is 10.1 Å². The summed E-state index contributed by atoms with van der Waals surface area (Å²) < 4.78 is 5.91. The Morgan fingerprint density at radius 2 is 2.00 bits per heavy atom. The van der Waals surface area contributed by atoms with Crippen molar-refractivity contribution in [3.63, 3.8) is 0 Å². The molecule has 0 heterocycles. The molecule has 0 aromatic carbocycles. The molecule has 0 saturated heterocycles. The number of nitrogens with one attached hydrogen (secondary N) is 1. The van der Waals surface area contributed by atoms with Crippen molar-refractivity contribution in [3.05, 3.63) is 0 Å². The molecule has 1 fully saturated rings. The minimum absolute atomic E-state index is 0.215. The number of hydrogen-bond donors (Lipinski definition) is 1. The molecule has 1 N–H and O–H groups in total. The predicted molar refractivity (Wildman–Crippen MR) is 78.9 cm³/mol. The molecular weight excluding hydrogens is 222 g/mol. The Morgan fingerprint density at radius 3 is 2.61 bits per heavy atom. The molecule has 1 aliphatic rings. The molecule has 108 valence electrons. The van der Waals surface area contributed by atoms with Crippen LogP contribution in [0.25, 0.3) is 0 Å². The maximum atomic E-state index is 5.91. The monoisotopic (exact) mass is 255 g/mol. The van der Waals surface area contributed by atoms with E-state index in [2.05, 4.69) is 39.9 Å². The van der Waals surface area contributed by atoms with Gasteiger partial charge >= 0.3 is 0 Å². The SMILES string of the molecule is CC(CNC(C)(C)C)COCC1CCCC(C)C1. The smallest absolute Gasteiger partial charge is 0.0503 e. The summed E-state index contributed by atoms with van der Waals surface area (Å²) in [6.45, 7) is 14.2. The second kappa shape index (κ2) is 7.49. The van der Waals surface area contributed by atoms with Gasteiger partial charge in [-0.15, -0.1) is 0 Å². The Hall–Kier alpha value is -0.0800. The van der Waals surface area contributed by atoms with E-state index in [1.54, 1.807) is 0 Å². The highest BCUT2D eigenvalue weighted by atomic mass is 16.5. The first-order valence-corrected chi connectivity index (χ1v) is 7.69. The lowest BCUT2D eigenvalue weighted by molar-refractivity contribution is 0.0559. The van der Waals surface area contributed by atoms with Crippen molar-refractivity contribution in [2.24, 2.45) is 17.8 Å². The maximum absolute atomic E-state index is 5.91. The highest BCUT2D eigenvalue weighted by molar-refractivity contribution is 4.72. The van der Waals surface area contributed by atoms with Crippen LogP contribution in [-0.2, 0) is 4.74 Å². The van der Waals surface area contributed by atoms with Crippen molar-refractivity contribution in [2.75, 3.05) is 19.8 Å². The molecule has 1 rings (SSSR count). The summed E-state index contributed by atoms with van der Waals surface area (Å²) in [5.74, 6) is 2.33. The molecule has 1 aliphatic carbocycles. The second-order valence-corrected chi connectivity index (χ2v) is 7.41. The van der Waals surface area contributed by atoms with Gasteiger partial charge in [-0.3, -0.25) is 0 Å². The van der Waals surface area contributed by atoms with Crippen molar-refractivity contribution in [2.45, 2.75) is 65.8 Å². The standard InChI is InChI=1S/C16H33NO/c1-13-7-6-8-15(9-13)12-18-11-14(2)10-17-16(3,4)5/h13-15,17H,6-12H2,1-5H3. The Labute approximate surface area is 114 Å². The summed E-state index contributed by atoms with van der Waals surface area (Å²) in [5, 5.41) is 3.54. The van der Waals surface area contributed by atoms with Crippen LogP contribution in [0.15, 0.2) is 0 Å². The van der Waals surface area contributed by atoms with Gasteiger partial charge in [0.25, 0.3) is 0 Å². The molecule has 3 atom stereocenters. The number of hydrogen-bond acceptors (Lipinski definition) is 2. The third kappa shape index (κ3) is 7.38. The molecule has 3 unspecified atom stereocenters. The highest BCUT2D eigenvalue weighted by Gasteiger charge is 2.19. The van der Waals surface area contributed by atoms with E-state index < -0.39 is 0 Å². The Bertz CT molecular complexity index is 222. The van der Waals surface area contributed by atoms with Crippen LogP contribution in [0, 0.1) is 17.8 Å². The summed E-state index contributed by atoms with van der Waals surface area (Å²) in [4.78, 5) is 0. The fourth-order valence-electron chi connectivity index (χ4n) is 2.69. The Kier molecular flexibility index (Phi) is 6.65. The van der Waals surface area contributed by atoms with Crippen LogP contribution >= 0.6 is 0 Å². The zero-order valence-electron chi connectivity index (χ0n) is 13.1. The van der Waals surface area contributed by atoms with Gasteiger partial charge in [-0.05, 0) is 51.4 Å². The van der Waals surface area contributed by atoms with Gasteiger partial charge in [0.2, 0.25) is 0 Å². The largest absolute Gasteiger partial charge is 0.381 e. The lowest BCUT2D eigenvalue weighted by atomic mass is 9.83. The molecule has 0 bridgehead atoms. The maximum Gasteiger partial charge on any atom is 0.0503 e. The summed E-state index contributed by atoms with van der Waals surface area (Å²) >= 11 is 0. The molecular formula is C16H33NO. The Morgan fingerprint density at radius 1 is 1.28 bits per heavy atom. The molecule has 0 aromatic rings. The van der Waals surface area contributed by atoms with Gasteiger partial charge in [-0.25, -0.2) is 0 Å². The average molecular weight is 255 g/mol. The molecule has 0 amide bonds. The first kappa shape index (κ1) is 16.0. The topological polar surface area (TPSA) is 21.3 Å². The van der Waals surface area contributed by atoms with E-state index in [1.165, 1.54) is 25.7 Å². The van der Waals surface area contributed by atoms with Gasteiger partial charge in [0.1, 0.15) is 0 Å². The van der Waals surface area contributed by atoms with E-state index in [-0.39, 0.29) is 5.54 Å². The van der Waals surface area contributed by atoms with Gasteiger partial charge in [0.15, 0.2) is 0 Å². The van der Waals surface area contributed by atoms with Crippen LogP contribution in [-0.4, -0.2) is 25.3 Å². The molecule has 0 aromatic heterocycles. The fraction of sp³-hybridized carbons (Fsp3) is 1.00. The van der Waals surface area contributed by atoms with Crippen LogP contribution in [0.5, 0.6) is 0 Å². The lowest BCUT2D eigenvalue weighted by Crippen LogP contribution is -2.39. The van der Waals surface area contributed by atoms with Gasteiger partial charge in [-0.2, -0.15) is 0 Å². The van der Waals surface area contributed by atoms with Crippen molar-refractivity contribution < 1.29 is 4.74 Å². The van der Waals surface area contributed by atoms with Gasteiger partial charge in [-0.1, -0.05) is 26.7 Å². The van der Waals surface area contributed by atoms with E-state index in [9.17, 15) is 0 Å². The van der Waals surface area contributed by atoms with E-state index in [4.69, 9.17) is 4.74 Å². The molecule has 2 nitrogen and oxygen atoms in total. The lowest BCUT2D eigenvalue weighted by Gasteiger charge is -2.27. The van der Waals surface area contributed by atoms with Crippen LogP contribution in [0.1, 0.15) is 60.3 Å². The normalized spacial score (nSPS) is 27.2. The predicted octanol–water partition coefficient (Wildman–Crippen LogP) is 3.85. The van der Waals surface area contributed by atoms with Crippen LogP contribution in [0.2, 0.25) is 0 Å². The first-order chi connectivity index (χ1) is 8.37. The summed E-state index contributed by atoms with van der Waals surface area (Å²) in [6.07, 6.45) is 5.56. The number of ether oxygens (including phenoxy) is 1. The van der Waals surface area contributed by atoms with Crippen LogP contribution in [0.4, 0.5) is 0 Å². The third-order valence-electron chi connectivity index (χ3n) is 3.78. The number of rotatable bonds is 6. The zero-order chi connectivity index (χ0) is 13.6. The summed E-state index contributed by atoms with van der Waals surface area (Å²) in [6, 6.07) is 0. The quantitative estimate of drug-likeness (QED) is 0.778. The minimum atomic E-state index is 0.215. The highest BCUT2D eigenvalue weighted by Crippen LogP contribution is 2.28. The zero-order valence-corrected chi connectivity index (χ0v) is 13.1. The van der Waals surface area contributed by atoms with Crippen molar-refractivity contribution in [3.8, 4) is 0 Å². The van der Waals surface area contributed by atoms with E-state index >= 15 is 0 Å². The average Bonchev–Trinajstić information content (AvgIpc) is 2.25.